The van der Waals surface area contributed by atoms with Crippen molar-refractivity contribution < 1.29 is 37.1 Å². The molecule has 0 aromatic carbocycles. The fourth-order valence-electron chi connectivity index (χ4n) is 0. The molecule has 0 atom stereocenters. The summed E-state index contributed by atoms with van der Waals surface area (Å²) in [5.74, 6) is 0. The Morgan fingerprint density at radius 2 is 0.818 bits per heavy atom. The molecule has 0 N–H and O–H groups in total. The molecule has 0 aromatic heterocycles. The molecule has 64 valence electrons. The van der Waals surface area contributed by atoms with E-state index >= 15 is 0 Å². The molecule has 11 heavy (non-hydrogen) atoms. The molecule has 0 saturated heterocycles. The zero-order chi connectivity index (χ0) is 9.00. The molecular formula is F2GeO6P2. The van der Waals surface area contributed by atoms with Gasteiger partial charge in [-0.25, -0.2) is 8.39 Å². The molecule has 0 amide bonds. The molecule has 0 aliphatic heterocycles. The average Bonchev–Trinajstić information content (AvgIpc) is 1.12. The normalized spacial score (nSPS) is 10.7. The fourth-order valence-corrected chi connectivity index (χ4v) is 0. The van der Waals surface area contributed by atoms with Gasteiger partial charge in [-0.05, 0) is 0 Å². The van der Waals surface area contributed by atoms with E-state index in [9.17, 15) is 8.39 Å². The first-order chi connectivity index (χ1) is 4.00. The average molecular weight is 269 g/mol. The Morgan fingerprint density at radius 1 is 0.818 bits per heavy atom. The number of rotatable bonds is 0. The molecule has 6 nitrogen and oxygen atoms in total. The van der Waals surface area contributed by atoms with Crippen molar-refractivity contribution in [2.24, 2.45) is 0 Å². The van der Waals surface area contributed by atoms with Crippen molar-refractivity contribution in [3.8, 4) is 0 Å². The van der Waals surface area contributed by atoms with E-state index in [1.54, 1.807) is 0 Å². The maximum absolute atomic E-state index is 10.1. The summed E-state index contributed by atoms with van der Waals surface area (Å²) < 4.78 is 37.1. The molecular weight excluding hydrogens is 269 g/mol. The predicted octanol–water partition coefficient (Wildman–Crippen LogP) is -2.81. The van der Waals surface area contributed by atoms with Gasteiger partial charge in [-0.15, -0.1) is 0 Å². The van der Waals surface area contributed by atoms with Crippen molar-refractivity contribution in [1.82, 2.24) is 0 Å². The van der Waals surface area contributed by atoms with Crippen molar-refractivity contribution in [2.75, 3.05) is 0 Å². The largest absolute Gasteiger partial charge is 4.00 e. The number of hydrogen-bond donors (Lipinski definition) is 0. The van der Waals surface area contributed by atoms with Crippen LogP contribution in [0.15, 0.2) is 0 Å². The third kappa shape index (κ3) is 1640. The van der Waals surface area contributed by atoms with Crippen LogP contribution >= 0.6 is 15.8 Å². The van der Waals surface area contributed by atoms with E-state index in [1.807, 2.05) is 0 Å². The molecule has 11 heteroatoms. The minimum atomic E-state index is -5.64. The second-order valence-corrected chi connectivity index (χ2v) is 2.58. The van der Waals surface area contributed by atoms with Crippen LogP contribution in [0.1, 0.15) is 0 Å². The second kappa shape index (κ2) is 6.24. The fraction of sp³-hybridized carbons (Fsp3) is 0. The van der Waals surface area contributed by atoms with Crippen molar-refractivity contribution >= 4 is 33.4 Å². The van der Waals surface area contributed by atoms with Gasteiger partial charge in [0.25, 0.3) is 0 Å². The van der Waals surface area contributed by atoms with Crippen molar-refractivity contribution in [2.45, 2.75) is 0 Å². The third-order valence-electron chi connectivity index (χ3n) is 0. The van der Waals surface area contributed by atoms with Gasteiger partial charge >= 0.3 is 17.6 Å². The Balaban J connectivity index is -0.000000107. The smallest absolute Gasteiger partial charge is 0.786 e. The van der Waals surface area contributed by atoms with Crippen LogP contribution in [-0.4, -0.2) is 17.6 Å². The predicted molar refractivity (Wildman–Crippen MR) is 23.2 cm³/mol. The van der Waals surface area contributed by atoms with Gasteiger partial charge in [0.15, 0.2) is 0 Å². The van der Waals surface area contributed by atoms with Crippen LogP contribution in [0.2, 0.25) is 0 Å². The first-order valence-electron chi connectivity index (χ1n) is 1.43. The van der Waals surface area contributed by atoms with Crippen molar-refractivity contribution in [3.63, 3.8) is 0 Å². The van der Waals surface area contributed by atoms with Gasteiger partial charge in [-0.3, -0.25) is 0 Å². The van der Waals surface area contributed by atoms with Crippen LogP contribution in [0.4, 0.5) is 8.39 Å². The minimum Gasteiger partial charge on any atom is -0.786 e. The second-order valence-electron chi connectivity index (χ2n) is 0.861. The summed E-state index contributed by atoms with van der Waals surface area (Å²) in [6, 6.07) is 0. The zero-order valence-corrected chi connectivity index (χ0v) is 8.49. The minimum absolute atomic E-state index is 0. The van der Waals surface area contributed by atoms with Gasteiger partial charge < -0.3 is 28.7 Å². The number of halogens is 2. The van der Waals surface area contributed by atoms with Crippen molar-refractivity contribution in [3.05, 3.63) is 0 Å². The summed E-state index contributed by atoms with van der Waals surface area (Å²) in [7, 11) is -11.3. The number of hydrogen-bond acceptors (Lipinski definition) is 6. The maximum Gasteiger partial charge on any atom is 4.00 e. The Morgan fingerprint density at radius 3 is 0.818 bits per heavy atom. The SMILES string of the molecule is O=P([O-])([O-])F.O=P([O-])([O-])F.[Ge+4]. The van der Waals surface area contributed by atoms with Gasteiger partial charge in [-0.2, -0.15) is 0 Å². The zero-order valence-electron chi connectivity index (χ0n) is 4.60. The van der Waals surface area contributed by atoms with Crippen molar-refractivity contribution in [1.29, 1.82) is 0 Å². The van der Waals surface area contributed by atoms with E-state index in [1.165, 1.54) is 0 Å². The van der Waals surface area contributed by atoms with Crippen LogP contribution in [0.3, 0.4) is 0 Å². The van der Waals surface area contributed by atoms with Gasteiger partial charge in [0.2, 0.25) is 0 Å². The van der Waals surface area contributed by atoms with E-state index in [-0.39, 0.29) is 17.6 Å². The summed E-state index contributed by atoms with van der Waals surface area (Å²) in [6.45, 7) is 0. The van der Waals surface area contributed by atoms with E-state index < -0.39 is 15.8 Å². The Kier molecular flexibility index (Phi) is 10.0. The van der Waals surface area contributed by atoms with Crippen LogP contribution in [0.5, 0.6) is 0 Å². The molecule has 0 saturated carbocycles. The van der Waals surface area contributed by atoms with Crippen LogP contribution in [0, 0.1) is 0 Å². The first kappa shape index (κ1) is 17.7. The van der Waals surface area contributed by atoms with Crippen LogP contribution in [-0.2, 0) is 9.13 Å². The molecule has 0 spiro atoms. The maximum atomic E-state index is 10.1. The molecule has 0 rings (SSSR count). The van der Waals surface area contributed by atoms with Gasteiger partial charge in [-0.1, -0.05) is 0 Å². The molecule has 0 radical (unpaired) electrons. The quantitative estimate of drug-likeness (QED) is 0.345. The van der Waals surface area contributed by atoms with Gasteiger partial charge in [0, 0.05) is 0 Å². The molecule has 0 aliphatic carbocycles. The molecule has 0 fully saturated rings. The molecule has 0 unspecified atom stereocenters. The summed E-state index contributed by atoms with van der Waals surface area (Å²) in [4.78, 5) is 33.8. The monoisotopic (exact) mass is 270 g/mol. The molecule has 0 aromatic rings. The Bertz CT molecular complexity index is 131. The standard InChI is InChI=1S/2FH2O3P.Ge/c2*1-5(2,3)4;/h2*(H2,2,3,4);/q;;+4/p-4. The summed E-state index contributed by atoms with van der Waals surface area (Å²) >= 11 is 0. The summed E-state index contributed by atoms with van der Waals surface area (Å²) in [5, 5.41) is 0. The van der Waals surface area contributed by atoms with Crippen LogP contribution < -0.4 is 19.6 Å². The third-order valence-corrected chi connectivity index (χ3v) is 0. The van der Waals surface area contributed by atoms with E-state index in [0.29, 0.717) is 0 Å². The van der Waals surface area contributed by atoms with E-state index in [2.05, 4.69) is 0 Å². The summed E-state index contributed by atoms with van der Waals surface area (Å²) in [5.41, 5.74) is 0. The molecule has 0 heterocycles. The Labute approximate surface area is 71.2 Å². The summed E-state index contributed by atoms with van der Waals surface area (Å²) in [6.07, 6.45) is 0. The Hall–Kier alpha value is 0.703. The topological polar surface area (TPSA) is 126 Å². The first-order valence-corrected chi connectivity index (χ1v) is 4.30. The van der Waals surface area contributed by atoms with E-state index in [4.69, 9.17) is 28.7 Å². The molecule has 0 aliphatic rings. The van der Waals surface area contributed by atoms with E-state index in [0.717, 1.165) is 0 Å². The van der Waals surface area contributed by atoms with Gasteiger partial charge in [0.1, 0.15) is 15.8 Å². The van der Waals surface area contributed by atoms with Gasteiger partial charge in [0.05, 0.1) is 0 Å². The molecule has 0 bridgehead atoms. The van der Waals surface area contributed by atoms with Crippen LogP contribution in [0.25, 0.3) is 0 Å².